The number of aryl methyl sites for hydroxylation is 1. The van der Waals surface area contributed by atoms with E-state index in [9.17, 15) is 4.79 Å². The van der Waals surface area contributed by atoms with Crippen LogP contribution in [0.5, 0.6) is 0 Å². The molecule has 1 aromatic heterocycles. The molecule has 1 N–H and O–H groups in total. The average Bonchev–Trinajstić information content (AvgIpc) is 2.33. The number of hydrogen-bond acceptors (Lipinski definition) is 3. The second kappa shape index (κ2) is 2.74. The van der Waals surface area contributed by atoms with E-state index in [2.05, 4.69) is 9.68 Å². The highest BCUT2D eigenvalue weighted by Crippen LogP contribution is 2.17. The lowest BCUT2D eigenvalue weighted by Gasteiger charge is -2.00. The molecule has 0 aliphatic heterocycles. The van der Waals surface area contributed by atoms with Gasteiger partial charge in [-0.25, -0.2) is 0 Å². The molecular formula is C7H9NO3. The molecule has 1 atom stereocenters. The predicted molar refractivity (Wildman–Crippen MR) is 37.3 cm³/mol. The second-order valence-electron chi connectivity index (χ2n) is 2.42. The third-order valence-electron chi connectivity index (χ3n) is 1.62. The first-order chi connectivity index (χ1) is 5.13. The van der Waals surface area contributed by atoms with Crippen molar-refractivity contribution in [2.45, 2.75) is 19.8 Å². The highest BCUT2D eigenvalue weighted by atomic mass is 16.5. The molecule has 1 aromatic rings. The van der Waals surface area contributed by atoms with Crippen molar-refractivity contribution >= 4 is 5.97 Å². The number of aromatic nitrogens is 1. The normalized spacial score (nSPS) is 12.9. The monoisotopic (exact) mass is 155 g/mol. The number of rotatable bonds is 2. The van der Waals surface area contributed by atoms with E-state index in [1.807, 2.05) is 0 Å². The molecule has 0 bridgehead atoms. The zero-order chi connectivity index (χ0) is 8.43. The van der Waals surface area contributed by atoms with Gasteiger partial charge in [-0.1, -0.05) is 5.16 Å². The van der Waals surface area contributed by atoms with Crippen molar-refractivity contribution in [2.75, 3.05) is 0 Å². The lowest BCUT2D eigenvalue weighted by molar-refractivity contribution is -0.138. The van der Waals surface area contributed by atoms with Crippen LogP contribution >= 0.6 is 0 Å². The van der Waals surface area contributed by atoms with E-state index in [4.69, 9.17) is 5.11 Å². The van der Waals surface area contributed by atoms with Gasteiger partial charge in [0.15, 0.2) is 0 Å². The summed E-state index contributed by atoms with van der Waals surface area (Å²) < 4.78 is 4.60. The van der Waals surface area contributed by atoms with Crippen LogP contribution in [0.1, 0.15) is 24.1 Å². The van der Waals surface area contributed by atoms with Crippen LogP contribution in [0.4, 0.5) is 0 Å². The first-order valence-electron chi connectivity index (χ1n) is 3.26. The topological polar surface area (TPSA) is 63.3 Å². The Morgan fingerprint density at radius 1 is 1.82 bits per heavy atom. The van der Waals surface area contributed by atoms with Crippen molar-refractivity contribution in [2.24, 2.45) is 0 Å². The third-order valence-corrected chi connectivity index (χ3v) is 1.62. The Hall–Kier alpha value is -1.32. The fourth-order valence-electron chi connectivity index (χ4n) is 0.849. The SMILES string of the molecule is Cc1nocc1C(C)C(=O)O. The molecule has 0 saturated heterocycles. The molecule has 0 fully saturated rings. The van der Waals surface area contributed by atoms with Gasteiger partial charge in [-0.2, -0.15) is 0 Å². The maximum Gasteiger partial charge on any atom is 0.310 e. The molecular weight excluding hydrogens is 146 g/mol. The van der Waals surface area contributed by atoms with E-state index < -0.39 is 11.9 Å². The van der Waals surface area contributed by atoms with Gasteiger partial charge in [-0.3, -0.25) is 4.79 Å². The van der Waals surface area contributed by atoms with Crippen LogP contribution in [0.3, 0.4) is 0 Å². The number of carboxylic acids is 1. The lowest BCUT2D eigenvalue weighted by atomic mass is 10.0. The van der Waals surface area contributed by atoms with Gasteiger partial charge < -0.3 is 9.63 Å². The summed E-state index contributed by atoms with van der Waals surface area (Å²) in [6.07, 6.45) is 1.37. The number of carbonyl (C=O) groups is 1. The van der Waals surface area contributed by atoms with E-state index in [0.717, 1.165) is 0 Å². The first-order valence-corrected chi connectivity index (χ1v) is 3.26. The van der Waals surface area contributed by atoms with Crippen LogP contribution in [-0.2, 0) is 4.79 Å². The summed E-state index contributed by atoms with van der Waals surface area (Å²) in [4.78, 5) is 10.5. The van der Waals surface area contributed by atoms with Crippen LogP contribution in [-0.4, -0.2) is 16.2 Å². The summed E-state index contributed by atoms with van der Waals surface area (Å²) in [5.74, 6) is -1.41. The Labute approximate surface area is 63.8 Å². The summed E-state index contributed by atoms with van der Waals surface area (Å²) in [7, 11) is 0. The summed E-state index contributed by atoms with van der Waals surface area (Å²) in [6, 6.07) is 0. The van der Waals surface area contributed by atoms with Crippen LogP contribution in [0.2, 0.25) is 0 Å². The highest BCUT2D eigenvalue weighted by Gasteiger charge is 2.18. The standard InChI is InChI=1S/C7H9NO3/c1-4(7(9)10)6-3-11-8-5(6)2/h3-4H,1-2H3,(H,9,10). The fraction of sp³-hybridized carbons (Fsp3) is 0.429. The summed E-state index contributed by atoms with van der Waals surface area (Å²) in [6.45, 7) is 3.32. The Balaban J connectivity index is 2.92. The molecule has 60 valence electrons. The zero-order valence-electron chi connectivity index (χ0n) is 6.37. The smallest absolute Gasteiger partial charge is 0.310 e. The maximum atomic E-state index is 10.5. The van der Waals surface area contributed by atoms with E-state index in [-0.39, 0.29) is 0 Å². The van der Waals surface area contributed by atoms with Crippen molar-refractivity contribution in [1.29, 1.82) is 0 Å². The Morgan fingerprint density at radius 3 is 2.82 bits per heavy atom. The molecule has 4 heteroatoms. The van der Waals surface area contributed by atoms with Gasteiger partial charge in [0, 0.05) is 5.56 Å². The summed E-state index contributed by atoms with van der Waals surface area (Å²) in [5, 5.41) is 12.2. The van der Waals surface area contributed by atoms with Crippen molar-refractivity contribution in [3.63, 3.8) is 0 Å². The molecule has 0 aliphatic carbocycles. The van der Waals surface area contributed by atoms with Crippen LogP contribution < -0.4 is 0 Å². The molecule has 11 heavy (non-hydrogen) atoms. The van der Waals surface area contributed by atoms with Crippen molar-refractivity contribution in [3.8, 4) is 0 Å². The van der Waals surface area contributed by atoms with Crippen molar-refractivity contribution in [1.82, 2.24) is 5.16 Å². The predicted octanol–water partition coefficient (Wildman–Crippen LogP) is 1.17. The van der Waals surface area contributed by atoms with E-state index in [1.165, 1.54) is 6.26 Å². The average molecular weight is 155 g/mol. The molecule has 0 saturated carbocycles. The molecule has 0 aliphatic rings. The van der Waals surface area contributed by atoms with Gasteiger partial charge in [0.2, 0.25) is 0 Å². The van der Waals surface area contributed by atoms with Crippen LogP contribution in [0, 0.1) is 6.92 Å². The second-order valence-corrected chi connectivity index (χ2v) is 2.42. The van der Waals surface area contributed by atoms with Crippen molar-refractivity contribution in [3.05, 3.63) is 17.5 Å². The number of carboxylic acid groups (broad SMARTS) is 1. The van der Waals surface area contributed by atoms with Crippen LogP contribution in [0.15, 0.2) is 10.8 Å². The van der Waals surface area contributed by atoms with Crippen molar-refractivity contribution < 1.29 is 14.4 Å². The fourth-order valence-corrected chi connectivity index (χ4v) is 0.849. The van der Waals surface area contributed by atoms with E-state index >= 15 is 0 Å². The lowest BCUT2D eigenvalue weighted by Crippen LogP contribution is -2.07. The van der Waals surface area contributed by atoms with Gasteiger partial charge in [0.25, 0.3) is 0 Å². The first kappa shape index (κ1) is 7.78. The quantitative estimate of drug-likeness (QED) is 0.696. The van der Waals surface area contributed by atoms with Gasteiger partial charge in [0.05, 0.1) is 11.6 Å². The van der Waals surface area contributed by atoms with Gasteiger partial charge in [0.1, 0.15) is 6.26 Å². The minimum Gasteiger partial charge on any atom is -0.481 e. The molecule has 1 rings (SSSR count). The molecule has 4 nitrogen and oxygen atoms in total. The highest BCUT2D eigenvalue weighted by molar-refractivity contribution is 5.75. The molecule has 0 amide bonds. The minimum absolute atomic E-state index is 0.541. The Morgan fingerprint density at radius 2 is 2.45 bits per heavy atom. The number of hydrogen-bond donors (Lipinski definition) is 1. The number of nitrogens with zero attached hydrogens (tertiary/aromatic N) is 1. The molecule has 0 spiro atoms. The Bertz CT molecular complexity index is 266. The molecule has 0 aromatic carbocycles. The van der Waals surface area contributed by atoms with E-state index in [1.54, 1.807) is 13.8 Å². The van der Waals surface area contributed by atoms with Gasteiger partial charge in [-0.15, -0.1) is 0 Å². The molecule has 0 radical (unpaired) electrons. The van der Waals surface area contributed by atoms with Gasteiger partial charge >= 0.3 is 5.97 Å². The summed E-state index contributed by atoms with van der Waals surface area (Å²) >= 11 is 0. The maximum absolute atomic E-state index is 10.5. The minimum atomic E-state index is -0.865. The van der Waals surface area contributed by atoms with E-state index in [0.29, 0.717) is 11.3 Å². The third kappa shape index (κ3) is 1.39. The zero-order valence-corrected chi connectivity index (χ0v) is 6.37. The van der Waals surface area contributed by atoms with Crippen LogP contribution in [0.25, 0.3) is 0 Å². The largest absolute Gasteiger partial charge is 0.481 e. The number of aliphatic carboxylic acids is 1. The summed E-state index contributed by atoms with van der Waals surface area (Å²) in [5.41, 5.74) is 1.28. The van der Waals surface area contributed by atoms with Gasteiger partial charge in [-0.05, 0) is 13.8 Å². The molecule has 1 heterocycles. The Kier molecular flexibility index (Phi) is 1.94. The molecule has 1 unspecified atom stereocenters.